The third-order valence-corrected chi connectivity index (χ3v) is 3.58. The summed E-state index contributed by atoms with van der Waals surface area (Å²) in [5.74, 6) is 0.232. The van der Waals surface area contributed by atoms with Gasteiger partial charge in [0, 0.05) is 23.8 Å². The Bertz CT molecular complexity index is 1050. The first-order valence-corrected chi connectivity index (χ1v) is 6.96. The molecule has 25 heavy (non-hydrogen) atoms. The number of nitro benzene ring substituents is 2. The zero-order valence-corrected chi connectivity index (χ0v) is 12.8. The van der Waals surface area contributed by atoms with E-state index in [0.29, 0.717) is 5.56 Å². The lowest BCUT2D eigenvalue weighted by Crippen LogP contribution is -2.03. The number of nitrogens with zero attached hydrogens (tertiary/aromatic N) is 2. The lowest BCUT2D eigenvalue weighted by atomic mass is 10.1. The third-order valence-electron chi connectivity index (χ3n) is 3.58. The molecule has 0 spiro atoms. The largest absolute Gasteiger partial charge is 0.496 e. The molecule has 0 atom stereocenters. The second kappa shape index (κ2) is 6.04. The van der Waals surface area contributed by atoms with Crippen molar-refractivity contribution in [3.8, 4) is 17.1 Å². The molecule has 0 aliphatic heterocycles. The molecule has 0 amide bonds. The van der Waals surface area contributed by atoms with Gasteiger partial charge in [-0.05, 0) is 18.2 Å². The number of fused-ring (bicyclic) bond motifs is 1. The fourth-order valence-corrected chi connectivity index (χ4v) is 2.36. The Kier molecular flexibility index (Phi) is 3.89. The van der Waals surface area contributed by atoms with Crippen LogP contribution in [0.2, 0.25) is 0 Å². The molecule has 3 rings (SSSR count). The summed E-state index contributed by atoms with van der Waals surface area (Å²) in [5.41, 5.74) is -0.823. The topological polar surface area (TPSA) is 126 Å². The highest BCUT2D eigenvalue weighted by atomic mass is 16.6. The van der Waals surface area contributed by atoms with Gasteiger partial charge in [0.15, 0.2) is 5.43 Å². The number of methoxy groups -OCH3 is 1. The Hall–Kier alpha value is -3.75. The summed E-state index contributed by atoms with van der Waals surface area (Å²) >= 11 is 0. The molecule has 0 aliphatic rings. The van der Waals surface area contributed by atoms with E-state index < -0.39 is 21.0 Å². The van der Waals surface area contributed by atoms with Crippen LogP contribution in [0.5, 0.6) is 5.75 Å². The maximum absolute atomic E-state index is 12.3. The van der Waals surface area contributed by atoms with Crippen molar-refractivity contribution in [1.82, 2.24) is 0 Å². The Balaban J connectivity index is 2.25. The first-order chi connectivity index (χ1) is 11.9. The molecule has 0 saturated carbocycles. The van der Waals surface area contributed by atoms with Crippen LogP contribution in [0.25, 0.3) is 22.3 Å². The molecule has 0 saturated heterocycles. The molecule has 0 unspecified atom stereocenters. The minimum Gasteiger partial charge on any atom is -0.496 e. The summed E-state index contributed by atoms with van der Waals surface area (Å²) in [7, 11) is 1.33. The van der Waals surface area contributed by atoms with Crippen LogP contribution in [0.1, 0.15) is 0 Å². The highest BCUT2D eigenvalue weighted by Crippen LogP contribution is 2.32. The highest BCUT2D eigenvalue weighted by molar-refractivity contribution is 5.88. The second-order valence-corrected chi connectivity index (χ2v) is 5.06. The van der Waals surface area contributed by atoms with E-state index >= 15 is 0 Å². The van der Waals surface area contributed by atoms with Gasteiger partial charge in [-0.25, -0.2) is 0 Å². The predicted molar refractivity (Wildman–Crippen MR) is 87.8 cm³/mol. The second-order valence-electron chi connectivity index (χ2n) is 5.06. The molecule has 0 bridgehead atoms. The lowest BCUT2D eigenvalue weighted by Gasteiger charge is -2.06. The van der Waals surface area contributed by atoms with Gasteiger partial charge in [0.25, 0.3) is 5.69 Å². The Morgan fingerprint density at radius 3 is 2.24 bits per heavy atom. The lowest BCUT2D eigenvalue weighted by molar-refractivity contribution is -0.384. The van der Waals surface area contributed by atoms with Crippen LogP contribution in [0.4, 0.5) is 11.4 Å². The number of hydrogen-bond acceptors (Lipinski definition) is 7. The Morgan fingerprint density at radius 2 is 1.68 bits per heavy atom. The van der Waals surface area contributed by atoms with Gasteiger partial charge in [0.2, 0.25) is 5.58 Å². The molecule has 0 aliphatic carbocycles. The molecule has 9 nitrogen and oxygen atoms in total. The molecule has 2 aromatic carbocycles. The predicted octanol–water partition coefficient (Wildman–Crippen LogP) is 3.29. The quantitative estimate of drug-likeness (QED) is 0.526. The van der Waals surface area contributed by atoms with Crippen LogP contribution in [-0.4, -0.2) is 17.0 Å². The van der Waals surface area contributed by atoms with Gasteiger partial charge in [-0.3, -0.25) is 25.0 Å². The van der Waals surface area contributed by atoms with Gasteiger partial charge in [0.05, 0.1) is 28.4 Å². The van der Waals surface area contributed by atoms with Gasteiger partial charge < -0.3 is 9.15 Å². The van der Waals surface area contributed by atoms with Crippen molar-refractivity contribution in [1.29, 1.82) is 0 Å². The number of hydrogen-bond donors (Lipinski definition) is 0. The molecule has 3 aromatic rings. The van der Waals surface area contributed by atoms with Crippen molar-refractivity contribution in [3.05, 3.63) is 72.9 Å². The number of benzene rings is 2. The molecular weight excluding hydrogens is 332 g/mol. The summed E-state index contributed by atoms with van der Waals surface area (Å²) in [6.07, 6.45) is 0. The van der Waals surface area contributed by atoms with Crippen LogP contribution in [0, 0.1) is 20.2 Å². The number of rotatable bonds is 4. The number of nitro groups is 2. The molecule has 0 radical (unpaired) electrons. The fourth-order valence-electron chi connectivity index (χ4n) is 2.36. The van der Waals surface area contributed by atoms with Crippen LogP contribution in [0.3, 0.4) is 0 Å². The van der Waals surface area contributed by atoms with E-state index in [9.17, 15) is 25.0 Å². The summed E-state index contributed by atoms with van der Waals surface area (Å²) in [6, 6.07) is 8.99. The van der Waals surface area contributed by atoms with Crippen LogP contribution < -0.4 is 10.2 Å². The van der Waals surface area contributed by atoms with Gasteiger partial charge in [-0.2, -0.15) is 0 Å². The van der Waals surface area contributed by atoms with Crippen molar-refractivity contribution < 1.29 is 19.0 Å². The first-order valence-electron chi connectivity index (χ1n) is 6.96. The van der Waals surface area contributed by atoms with Gasteiger partial charge in [-0.1, -0.05) is 0 Å². The zero-order chi connectivity index (χ0) is 18.1. The minimum atomic E-state index is -0.673. The summed E-state index contributed by atoms with van der Waals surface area (Å²) in [5, 5.41) is 22.0. The zero-order valence-electron chi connectivity index (χ0n) is 12.8. The summed E-state index contributed by atoms with van der Waals surface area (Å²) in [6.45, 7) is 0. The monoisotopic (exact) mass is 342 g/mol. The van der Waals surface area contributed by atoms with Gasteiger partial charge in [-0.15, -0.1) is 0 Å². The Labute approximate surface area is 139 Å². The molecule has 126 valence electrons. The normalized spacial score (nSPS) is 10.6. The molecule has 0 N–H and O–H groups in total. The molecular formula is C16H10N2O7. The van der Waals surface area contributed by atoms with Crippen LogP contribution >= 0.6 is 0 Å². The van der Waals surface area contributed by atoms with Crippen molar-refractivity contribution in [3.63, 3.8) is 0 Å². The average Bonchev–Trinajstić information content (AvgIpc) is 2.60. The first kappa shape index (κ1) is 16.1. The fraction of sp³-hybridized carbons (Fsp3) is 0.0625. The average molecular weight is 342 g/mol. The van der Waals surface area contributed by atoms with E-state index in [4.69, 9.17) is 9.15 Å². The smallest absolute Gasteiger partial charge is 0.316 e. The van der Waals surface area contributed by atoms with E-state index in [1.165, 1.54) is 43.5 Å². The molecule has 0 fully saturated rings. The molecule has 9 heteroatoms. The van der Waals surface area contributed by atoms with E-state index in [2.05, 4.69) is 0 Å². The standard InChI is InChI=1S/C16H10N2O7/c1-24-11-6-12-14(19)8-15(25-16(12)13(7-11)18(22)23)9-2-4-10(5-3-9)17(20)21/h2-8H,1H3. The maximum atomic E-state index is 12.3. The van der Waals surface area contributed by atoms with E-state index in [-0.39, 0.29) is 28.2 Å². The molecule has 1 heterocycles. The highest BCUT2D eigenvalue weighted by Gasteiger charge is 2.20. The number of ether oxygens (including phenoxy) is 1. The summed E-state index contributed by atoms with van der Waals surface area (Å²) in [4.78, 5) is 33.1. The maximum Gasteiger partial charge on any atom is 0.316 e. The van der Waals surface area contributed by atoms with Crippen LogP contribution in [0.15, 0.2) is 51.7 Å². The van der Waals surface area contributed by atoms with Crippen molar-refractivity contribution in [2.75, 3.05) is 7.11 Å². The van der Waals surface area contributed by atoms with Crippen molar-refractivity contribution in [2.45, 2.75) is 0 Å². The SMILES string of the molecule is COc1cc([N+](=O)[O-])c2oc(-c3ccc([N+](=O)[O-])cc3)cc(=O)c2c1. The van der Waals surface area contributed by atoms with E-state index in [0.717, 1.165) is 6.07 Å². The van der Waals surface area contributed by atoms with Gasteiger partial charge in [0.1, 0.15) is 11.5 Å². The van der Waals surface area contributed by atoms with Crippen molar-refractivity contribution >= 4 is 22.3 Å². The Morgan fingerprint density at radius 1 is 1.00 bits per heavy atom. The minimum absolute atomic E-state index is 0.0108. The van der Waals surface area contributed by atoms with E-state index in [1.54, 1.807) is 0 Å². The van der Waals surface area contributed by atoms with Crippen LogP contribution in [-0.2, 0) is 0 Å². The van der Waals surface area contributed by atoms with Crippen molar-refractivity contribution in [2.24, 2.45) is 0 Å². The molecule has 1 aromatic heterocycles. The number of non-ortho nitro benzene ring substituents is 2. The van der Waals surface area contributed by atoms with Gasteiger partial charge >= 0.3 is 5.69 Å². The van der Waals surface area contributed by atoms with E-state index in [1.807, 2.05) is 0 Å². The third kappa shape index (κ3) is 2.90. The summed E-state index contributed by atoms with van der Waals surface area (Å²) < 4.78 is 10.5.